The lowest BCUT2D eigenvalue weighted by Gasteiger charge is -2.31. The lowest BCUT2D eigenvalue weighted by Crippen LogP contribution is -2.37. The molecule has 1 amide bonds. The molecule has 1 aromatic carbocycles. The maximum absolute atomic E-state index is 12.8. The molecule has 0 aliphatic carbocycles. The van der Waals surface area contributed by atoms with Crippen LogP contribution in [0.25, 0.3) is 10.9 Å². The van der Waals surface area contributed by atoms with Crippen molar-refractivity contribution < 1.29 is 23.8 Å². The molecule has 0 saturated carbocycles. The molecule has 2 aromatic rings. The molecule has 1 aromatic heterocycles. The van der Waals surface area contributed by atoms with Crippen molar-refractivity contribution >= 4 is 34.5 Å². The smallest absolute Gasteiger partial charge is 0.418 e. The van der Waals surface area contributed by atoms with E-state index in [1.807, 2.05) is 59.7 Å². The van der Waals surface area contributed by atoms with Gasteiger partial charge in [-0.25, -0.2) is 9.59 Å². The Bertz CT molecular complexity index is 962. The number of carbonyl (C=O) groups is 2. The average molecular weight is 432 g/mol. The molecule has 0 unspecified atom stereocenters. The van der Waals surface area contributed by atoms with Crippen molar-refractivity contribution in [3.8, 4) is 0 Å². The molecule has 0 atom stereocenters. The Morgan fingerprint density at radius 1 is 1.00 bits per heavy atom. The van der Waals surface area contributed by atoms with E-state index in [0.717, 1.165) is 24.2 Å². The third-order valence-corrected chi connectivity index (χ3v) is 4.77. The average Bonchev–Trinajstić information content (AvgIpc) is 3.08. The number of benzene rings is 1. The highest BCUT2D eigenvalue weighted by molar-refractivity contribution is 6.02. The van der Waals surface area contributed by atoms with Crippen LogP contribution >= 0.6 is 0 Å². The molecule has 170 valence electrons. The largest absolute Gasteiger partial charge is 0.443 e. The van der Waals surface area contributed by atoms with Crippen LogP contribution in [0.15, 0.2) is 24.4 Å². The lowest BCUT2D eigenvalue weighted by molar-refractivity contribution is 0.0542. The summed E-state index contributed by atoms with van der Waals surface area (Å²) in [6, 6.07) is 5.67. The van der Waals surface area contributed by atoms with Crippen LogP contribution < -0.4 is 9.80 Å². The minimum Gasteiger partial charge on any atom is -0.443 e. The van der Waals surface area contributed by atoms with E-state index >= 15 is 0 Å². The van der Waals surface area contributed by atoms with Crippen molar-refractivity contribution in [1.82, 2.24) is 4.57 Å². The maximum atomic E-state index is 12.8. The van der Waals surface area contributed by atoms with E-state index in [1.165, 1.54) is 9.47 Å². The zero-order valence-corrected chi connectivity index (χ0v) is 19.5. The van der Waals surface area contributed by atoms with Crippen LogP contribution in [0.5, 0.6) is 0 Å². The molecule has 31 heavy (non-hydrogen) atoms. The molecule has 1 fully saturated rings. The molecule has 1 saturated heterocycles. The van der Waals surface area contributed by atoms with Crippen molar-refractivity contribution in [3.63, 3.8) is 0 Å². The van der Waals surface area contributed by atoms with Crippen LogP contribution in [0.1, 0.15) is 41.5 Å². The molecule has 1 aliphatic rings. The molecule has 1 aliphatic heterocycles. The van der Waals surface area contributed by atoms with Crippen LogP contribution in [0, 0.1) is 0 Å². The molecule has 8 heteroatoms. The van der Waals surface area contributed by atoms with Crippen molar-refractivity contribution in [1.29, 1.82) is 0 Å². The van der Waals surface area contributed by atoms with Crippen molar-refractivity contribution in [3.05, 3.63) is 24.4 Å². The van der Waals surface area contributed by atoms with E-state index in [2.05, 4.69) is 4.90 Å². The van der Waals surface area contributed by atoms with Crippen molar-refractivity contribution in [2.45, 2.75) is 52.7 Å². The minimum atomic E-state index is -0.619. The summed E-state index contributed by atoms with van der Waals surface area (Å²) in [5.41, 5.74) is 1.01. The summed E-state index contributed by atoms with van der Waals surface area (Å²) in [5, 5.41) is 0.911. The number of rotatable bonds is 2. The quantitative estimate of drug-likeness (QED) is 0.690. The fourth-order valence-corrected chi connectivity index (χ4v) is 3.37. The minimum absolute atomic E-state index is 0.463. The number of morpholine rings is 1. The van der Waals surface area contributed by atoms with Gasteiger partial charge < -0.3 is 19.1 Å². The second-order valence-electron chi connectivity index (χ2n) is 9.70. The summed E-state index contributed by atoms with van der Waals surface area (Å²) in [7, 11) is 1.67. The summed E-state index contributed by atoms with van der Waals surface area (Å²) < 4.78 is 18.1. The molecule has 8 nitrogen and oxygen atoms in total. The molecule has 0 N–H and O–H groups in total. The highest BCUT2D eigenvalue weighted by Crippen LogP contribution is 2.34. The SMILES string of the molecule is CN(C(=O)OC(C)(C)C)c1cc(N2CCOCC2)c2ccn(C(=O)OC(C)(C)C)c2c1. The van der Waals surface area contributed by atoms with Gasteiger partial charge in [0.2, 0.25) is 0 Å². The molecular weight excluding hydrogens is 398 g/mol. The van der Waals surface area contributed by atoms with Crippen LogP contribution in [0.3, 0.4) is 0 Å². The first-order valence-electron chi connectivity index (χ1n) is 10.5. The van der Waals surface area contributed by atoms with Gasteiger partial charge in [0.25, 0.3) is 0 Å². The monoisotopic (exact) mass is 431 g/mol. The second kappa shape index (κ2) is 8.42. The van der Waals surface area contributed by atoms with Crippen molar-refractivity contribution in [2.24, 2.45) is 0 Å². The van der Waals surface area contributed by atoms with Crippen LogP contribution in [0.4, 0.5) is 21.0 Å². The zero-order chi connectivity index (χ0) is 23.0. The Labute approximate surface area is 183 Å². The van der Waals surface area contributed by atoms with E-state index in [0.29, 0.717) is 24.4 Å². The third kappa shape index (κ3) is 5.50. The van der Waals surface area contributed by atoms with Gasteiger partial charge in [-0.05, 0) is 59.7 Å². The van der Waals surface area contributed by atoms with Crippen molar-refractivity contribution in [2.75, 3.05) is 43.2 Å². The highest BCUT2D eigenvalue weighted by Gasteiger charge is 2.25. The Balaban J connectivity index is 2.08. The Morgan fingerprint density at radius 2 is 1.61 bits per heavy atom. The summed E-state index contributed by atoms with van der Waals surface area (Å²) in [6.07, 6.45) is 0.780. The fraction of sp³-hybridized carbons (Fsp3) is 0.565. The number of aromatic nitrogens is 1. The molecule has 0 radical (unpaired) electrons. The lowest BCUT2D eigenvalue weighted by atomic mass is 10.1. The normalized spacial score (nSPS) is 15.1. The first kappa shape index (κ1) is 22.9. The Hall–Kier alpha value is -2.74. The highest BCUT2D eigenvalue weighted by atomic mass is 16.6. The number of carbonyl (C=O) groups excluding carboxylic acids is 2. The van der Waals surface area contributed by atoms with Crippen LogP contribution in [-0.2, 0) is 14.2 Å². The van der Waals surface area contributed by atoms with Crippen LogP contribution in [-0.4, -0.2) is 61.3 Å². The van der Waals surface area contributed by atoms with Gasteiger partial charge in [-0.3, -0.25) is 9.47 Å². The Kier molecular flexibility index (Phi) is 6.23. The van der Waals surface area contributed by atoms with Gasteiger partial charge in [0.1, 0.15) is 11.2 Å². The number of fused-ring (bicyclic) bond motifs is 1. The standard InChI is InChI=1S/C23H33N3O5/c1-22(2,3)30-20(27)24(7)16-14-18(25-10-12-29-13-11-25)17-8-9-26(19(17)15-16)21(28)31-23(4,5)6/h8-9,14-15H,10-13H2,1-7H3. The maximum Gasteiger partial charge on any atom is 0.418 e. The predicted molar refractivity (Wildman–Crippen MR) is 121 cm³/mol. The first-order valence-corrected chi connectivity index (χ1v) is 10.5. The van der Waals surface area contributed by atoms with E-state index in [-0.39, 0.29) is 0 Å². The van der Waals surface area contributed by atoms with E-state index in [4.69, 9.17) is 14.2 Å². The number of hydrogen-bond acceptors (Lipinski definition) is 6. The van der Waals surface area contributed by atoms with Gasteiger partial charge in [0.15, 0.2) is 0 Å². The summed E-state index contributed by atoms with van der Waals surface area (Å²) >= 11 is 0. The molecule has 3 rings (SSSR count). The van der Waals surface area contributed by atoms with Crippen LogP contribution in [0.2, 0.25) is 0 Å². The fourth-order valence-electron chi connectivity index (χ4n) is 3.37. The van der Waals surface area contributed by atoms with E-state index < -0.39 is 23.4 Å². The number of anilines is 2. The Morgan fingerprint density at radius 3 is 2.19 bits per heavy atom. The summed E-state index contributed by atoms with van der Waals surface area (Å²) in [6.45, 7) is 13.7. The molecular formula is C23H33N3O5. The second-order valence-corrected chi connectivity index (χ2v) is 9.70. The van der Waals surface area contributed by atoms with Gasteiger partial charge in [0, 0.05) is 37.4 Å². The predicted octanol–water partition coefficient (Wildman–Crippen LogP) is 4.63. The number of amides is 1. The zero-order valence-electron chi connectivity index (χ0n) is 19.5. The van der Waals surface area contributed by atoms with E-state index in [1.54, 1.807) is 13.2 Å². The number of nitrogens with zero attached hydrogens (tertiary/aromatic N) is 3. The summed E-state index contributed by atoms with van der Waals surface area (Å²) in [5.74, 6) is 0. The van der Waals surface area contributed by atoms with Gasteiger partial charge in [-0.1, -0.05) is 0 Å². The number of ether oxygens (including phenoxy) is 3. The van der Waals surface area contributed by atoms with E-state index in [9.17, 15) is 9.59 Å². The van der Waals surface area contributed by atoms with Gasteiger partial charge in [0.05, 0.1) is 24.4 Å². The molecule has 0 spiro atoms. The number of hydrogen-bond donors (Lipinski definition) is 0. The van der Waals surface area contributed by atoms with Gasteiger partial charge in [-0.2, -0.15) is 0 Å². The van der Waals surface area contributed by atoms with Gasteiger partial charge >= 0.3 is 12.2 Å². The van der Waals surface area contributed by atoms with Gasteiger partial charge in [-0.15, -0.1) is 0 Å². The topological polar surface area (TPSA) is 73.2 Å². The molecule has 0 bridgehead atoms. The molecule has 2 heterocycles. The third-order valence-electron chi connectivity index (χ3n) is 4.77. The first-order chi connectivity index (χ1) is 14.4. The summed E-state index contributed by atoms with van der Waals surface area (Å²) in [4.78, 5) is 29.2.